The molecule has 3 amide bonds. The van der Waals surface area contributed by atoms with E-state index in [4.69, 9.17) is 13.6 Å². The number of amides is 3. The van der Waals surface area contributed by atoms with Gasteiger partial charge in [-0.25, -0.2) is 0 Å². The molecular weight excluding hydrogens is 1090 g/mol. The second kappa shape index (κ2) is 34.0. The fraction of sp³-hybridized carbons (Fsp3) is 0.333. The lowest BCUT2D eigenvalue weighted by Crippen LogP contribution is -2.27. The molecule has 0 fully saturated rings. The van der Waals surface area contributed by atoms with E-state index in [0.717, 1.165) is 78.4 Å². The first-order valence-electron chi connectivity index (χ1n) is 29.7. The molecular formula is C72H93N9O6. The first-order valence-corrected chi connectivity index (χ1v) is 29.7. The van der Waals surface area contributed by atoms with Crippen LogP contribution in [0.25, 0.3) is 33.4 Å². The van der Waals surface area contributed by atoms with Gasteiger partial charge < -0.3 is 43.0 Å². The third-order valence-electron chi connectivity index (χ3n) is 14.2. The van der Waals surface area contributed by atoms with E-state index in [2.05, 4.69) is 127 Å². The van der Waals surface area contributed by atoms with Gasteiger partial charge in [0.05, 0.1) is 32.0 Å². The van der Waals surface area contributed by atoms with Gasteiger partial charge >= 0.3 is 0 Å². The number of hydrogen-bond acceptors (Lipinski definition) is 12. The maximum atomic E-state index is 13.2. The van der Waals surface area contributed by atoms with E-state index >= 15 is 0 Å². The van der Waals surface area contributed by atoms with Gasteiger partial charge in [0.2, 0.25) is 0 Å². The fourth-order valence-electron chi connectivity index (χ4n) is 9.43. The summed E-state index contributed by atoms with van der Waals surface area (Å²) in [7, 11) is 17.3. The smallest absolute Gasteiger partial charge is 0.254 e. The molecule has 0 aliphatic carbocycles. The van der Waals surface area contributed by atoms with Gasteiger partial charge in [0, 0.05) is 115 Å². The standard InChI is InChI=1S/3C22H25N3O2.3C2H6/c1-15-6-8-18(9-7-15)19-10-20(16(2)21(11-19)24(3)4)22(26)25(5)13-17-12-23-27-14-17;1-15-6-8-17(9-7-15)18-12-20(16(2)21(13-18)24(3)4)22(26)25(5)14-19-10-11-27-23-19;1-15-6-8-17(9-7-15)18-12-20(16(2)21(13-18)24(3)4)22(26)25(5)14-19-10-11-23-27-19;3*1-2/h6-12,14H,13H2,1-5H3;2*6-13H,14H2,1-5H3;3*1-2H3. The number of carbonyl (C=O) groups excluding carboxylic acids is 3. The Morgan fingerprint density at radius 2 is 0.759 bits per heavy atom. The second-order valence-corrected chi connectivity index (χ2v) is 21.3. The number of carbonyl (C=O) groups is 3. The SMILES string of the molecule is CC.CC.CC.Cc1ccc(-c2cc(C(=O)N(C)Cc3ccno3)c(C)c(N(C)C)c2)cc1.Cc1ccc(-c2cc(C(=O)N(C)Cc3ccon3)c(C)c(N(C)C)c2)cc1.Cc1ccc(-c2cc(C(=O)N(C)Cc3cnoc3)c(C)c(N(C)C)c2)cc1. The summed E-state index contributed by atoms with van der Waals surface area (Å²) >= 11 is 0. The monoisotopic (exact) mass is 1180 g/mol. The topological polar surface area (TPSA) is 149 Å². The number of anilines is 3. The van der Waals surface area contributed by atoms with Crippen molar-refractivity contribution in [2.24, 2.45) is 0 Å². The van der Waals surface area contributed by atoms with Crippen LogP contribution in [0.2, 0.25) is 0 Å². The van der Waals surface area contributed by atoms with Crippen molar-refractivity contribution >= 4 is 34.8 Å². The van der Waals surface area contributed by atoms with Crippen molar-refractivity contribution in [3.63, 3.8) is 0 Å². The molecule has 0 N–H and O–H groups in total. The van der Waals surface area contributed by atoms with E-state index < -0.39 is 0 Å². The lowest BCUT2D eigenvalue weighted by Gasteiger charge is -2.23. The summed E-state index contributed by atoms with van der Waals surface area (Å²) < 4.78 is 14.9. The van der Waals surface area contributed by atoms with Gasteiger partial charge in [-0.15, -0.1) is 0 Å². The Kier molecular flexibility index (Phi) is 27.5. The Balaban J connectivity index is 0.000000267. The van der Waals surface area contributed by atoms with E-state index in [0.29, 0.717) is 42.1 Å². The summed E-state index contributed by atoms with van der Waals surface area (Å²) in [6.07, 6.45) is 6.29. The fourth-order valence-corrected chi connectivity index (χ4v) is 9.43. The lowest BCUT2D eigenvalue weighted by atomic mass is 9.96. The molecule has 15 heteroatoms. The predicted molar refractivity (Wildman–Crippen MR) is 358 cm³/mol. The van der Waals surface area contributed by atoms with Gasteiger partial charge in [0.25, 0.3) is 17.7 Å². The molecule has 9 rings (SSSR count). The van der Waals surface area contributed by atoms with Gasteiger partial charge in [-0.1, -0.05) is 146 Å². The van der Waals surface area contributed by atoms with Crippen molar-refractivity contribution in [2.75, 3.05) is 78.1 Å². The summed E-state index contributed by atoms with van der Waals surface area (Å²) in [4.78, 5) is 50.6. The molecule has 87 heavy (non-hydrogen) atoms. The van der Waals surface area contributed by atoms with Gasteiger partial charge in [-0.2, -0.15) is 0 Å². The molecule has 3 heterocycles. The zero-order valence-corrected chi connectivity index (χ0v) is 55.5. The minimum absolute atomic E-state index is 0.0224. The molecule has 0 bridgehead atoms. The Hall–Kier alpha value is -9.24. The molecule has 6 aromatic carbocycles. The van der Waals surface area contributed by atoms with Crippen molar-refractivity contribution in [2.45, 2.75) is 103 Å². The summed E-state index contributed by atoms with van der Waals surface area (Å²) in [5.74, 6) is 0.560. The van der Waals surface area contributed by atoms with Crippen molar-refractivity contribution in [3.8, 4) is 33.4 Å². The molecule has 0 aliphatic rings. The summed E-state index contributed by atoms with van der Waals surface area (Å²) in [5, 5.41) is 11.3. The van der Waals surface area contributed by atoms with Crippen molar-refractivity contribution in [3.05, 3.63) is 213 Å². The first kappa shape index (κ1) is 70.2. The second-order valence-electron chi connectivity index (χ2n) is 21.3. The molecule has 0 aliphatic heterocycles. The lowest BCUT2D eigenvalue weighted by molar-refractivity contribution is 0.0767. The van der Waals surface area contributed by atoms with Crippen LogP contribution in [0.5, 0.6) is 0 Å². The predicted octanol–water partition coefficient (Wildman–Crippen LogP) is 16.0. The summed E-state index contributed by atoms with van der Waals surface area (Å²) in [5.41, 5.74) is 19.7. The highest BCUT2D eigenvalue weighted by Gasteiger charge is 2.23. The molecule has 0 atom stereocenters. The average Bonchev–Trinajstić information content (AvgIpc) is 2.83. The molecule has 0 radical (unpaired) electrons. The molecule has 0 spiro atoms. The molecule has 0 unspecified atom stereocenters. The molecule has 0 saturated carbocycles. The van der Waals surface area contributed by atoms with Crippen LogP contribution in [-0.4, -0.2) is 111 Å². The minimum Gasteiger partial charge on any atom is -0.377 e. The number of nitrogens with zero attached hydrogens (tertiary/aromatic N) is 9. The highest BCUT2D eigenvalue weighted by atomic mass is 16.5. The normalized spacial score (nSPS) is 10.2. The quantitative estimate of drug-likeness (QED) is 0.0962. The van der Waals surface area contributed by atoms with E-state index in [1.165, 1.54) is 23.0 Å². The molecule has 3 aromatic heterocycles. The van der Waals surface area contributed by atoms with Crippen molar-refractivity contribution in [1.82, 2.24) is 30.2 Å². The number of hydrogen-bond donors (Lipinski definition) is 0. The van der Waals surface area contributed by atoms with Gasteiger partial charge in [0.15, 0.2) is 5.76 Å². The molecule has 0 saturated heterocycles. The van der Waals surface area contributed by atoms with Crippen LogP contribution in [0.1, 0.15) is 123 Å². The van der Waals surface area contributed by atoms with E-state index in [9.17, 15) is 14.4 Å². The van der Waals surface area contributed by atoms with E-state index in [-0.39, 0.29) is 17.7 Å². The Labute approximate surface area is 518 Å². The molecule has 9 aromatic rings. The molecule has 15 nitrogen and oxygen atoms in total. The van der Waals surface area contributed by atoms with E-state index in [1.54, 1.807) is 66.6 Å². The van der Waals surface area contributed by atoms with Crippen molar-refractivity contribution in [1.29, 1.82) is 0 Å². The summed E-state index contributed by atoms with van der Waals surface area (Å²) in [6.45, 7) is 25.4. The van der Waals surface area contributed by atoms with Crippen LogP contribution in [0.15, 0.2) is 160 Å². The maximum absolute atomic E-state index is 13.2. The van der Waals surface area contributed by atoms with Gasteiger partial charge in [-0.05, 0) is 128 Å². The Morgan fingerprint density at radius 1 is 0.402 bits per heavy atom. The third-order valence-corrected chi connectivity index (χ3v) is 14.2. The third kappa shape index (κ3) is 19.1. The zero-order valence-electron chi connectivity index (χ0n) is 55.5. The Morgan fingerprint density at radius 3 is 1.06 bits per heavy atom. The number of aromatic nitrogens is 3. The first-order chi connectivity index (χ1) is 41.6. The van der Waals surface area contributed by atoms with Crippen LogP contribution in [-0.2, 0) is 19.6 Å². The highest BCUT2D eigenvalue weighted by Crippen LogP contribution is 2.34. The van der Waals surface area contributed by atoms with Crippen LogP contribution in [0.4, 0.5) is 17.1 Å². The molecule has 462 valence electrons. The van der Waals surface area contributed by atoms with Crippen LogP contribution < -0.4 is 14.7 Å². The zero-order chi connectivity index (χ0) is 64.7. The minimum atomic E-state index is -0.0408. The number of rotatable bonds is 15. The van der Waals surface area contributed by atoms with Crippen LogP contribution >= 0.6 is 0 Å². The Bertz CT molecular complexity index is 3160. The average molecular weight is 1180 g/mol. The van der Waals surface area contributed by atoms with Gasteiger partial charge in [0.1, 0.15) is 18.2 Å². The van der Waals surface area contributed by atoms with Crippen LogP contribution in [0.3, 0.4) is 0 Å². The van der Waals surface area contributed by atoms with Crippen LogP contribution in [0, 0.1) is 41.5 Å². The highest BCUT2D eigenvalue weighted by molar-refractivity contribution is 6.00. The number of benzene rings is 6. The van der Waals surface area contributed by atoms with Crippen molar-refractivity contribution < 1.29 is 28.0 Å². The largest absolute Gasteiger partial charge is 0.377 e. The van der Waals surface area contributed by atoms with Gasteiger partial charge in [-0.3, -0.25) is 14.4 Å². The maximum Gasteiger partial charge on any atom is 0.254 e. The van der Waals surface area contributed by atoms with E-state index in [1.807, 2.05) is 137 Å². The summed E-state index contributed by atoms with van der Waals surface area (Å²) in [6, 6.07) is 40.9. The number of aryl methyl sites for hydroxylation is 3.